The van der Waals surface area contributed by atoms with Crippen LogP contribution in [-0.2, 0) is 4.79 Å². The Morgan fingerprint density at radius 3 is 2.71 bits per heavy atom. The molecule has 0 aliphatic carbocycles. The van der Waals surface area contributed by atoms with Gasteiger partial charge in [-0.15, -0.1) is 0 Å². The summed E-state index contributed by atoms with van der Waals surface area (Å²) in [5.41, 5.74) is 0.318. The highest BCUT2D eigenvalue weighted by atomic mass is 19.1. The summed E-state index contributed by atoms with van der Waals surface area (Å²) >= 11 is 0. The van der Waals surface area contributed by atoms with Gasteiger partial charge in [-0.1, -0.05) is 13.8 Å². The minimum Gasteiger partial charge on any atom is -0.382 e. The standard InChI is InChI=1S/C12H14F2N2O/c1-6(2)8-5-15-10-4-7(13)3-9(14)11(10)16-12(8)17/h3-4,6,8,15H,5H2,1-2H3,(H,16,17). The van der Waals surface area contributed by atoms with Crippen molar-refractivity contribution in [3.8, 4) is 0 Å². The number of hydrogen-bond acceptors (Lipinski definition) is 2. The van der Waals surface area contributed by atoms with E-state index in [9.17, 15) is 13.6 Å². The van der Waals surface area contributed by atoms with Gasteiger partial charge < -0.3 is 10.6 Å². The second-order valence-electron chi connectivity index (χ2n) is 4.53. The molecule has 1 aliphatic heterocycles. The summed E-state index contributed by atoms with van der Waals surface area (Å²) in [6.45, 7) is 4.21. The normalized spacial score (nSPS) is 19.4. The fourth-order valence-corrected chi connectivity index (χ4v) is 1.91. The van der Waals surface area contributed by atoms with E-state index in [0.29, 0.717) is 12.2 Å². The zero-order chi connectivity index (χ0) is 12.6. The van der Waals surface area contributed by atoms with E-state index in [0.717, 1.165) is 6.07 Å². The first kappa shape index (κ1) is 11.8. The molecule has 1 unspecified atom stereocenters. The molecule has 5 heteroatoms. The van der Waals surface area contributed by atoms with Crippen molar-refractivity contribution in [2.45, 2.75) is 13.8 Å². The molecule has 0 aromatic heterocycles. The van der Waals surface area contributed by atoms with Crippen LogP contribution in [0.2, 0.25) is 0 Å². The summed E-state index contributed by atoms with van der Waals surface area (Å²) in [5, 5.41) is 5.41. The molecule has 1 aromatic rings. The maximum Gasteiger partial charge on any atom is 0.229 e. The highest BCUT2D eigenvalue weighted by molar-refractivity contribution is 5.97. The first-order valence-corrected chi connectivity index (χ1v) is 5.53. The van der Waals surface area contributed by atoms with Crippen LogP contribution in [0, 0.1) is 23.5 Å². The zero-order valence-corrected chi connectivity index (χ0v) is 9.68. The Hall–Kier alpha value is -1.65. The predicted molar refractivity (Wildman–Crippen MR) is 61.8 cm³/mol. The molecule has 1 aromatic carbocycles. The number of nitrogens with one attached hydrogen (secondary N) is 2. The van der Waals surface area contributed by atoms with E-state index in [1.54, 1.807) is 0 Å². The van der Waals surface area contributed by atoms with Gasteiger partial charge in [-0.2, -0.15) is 0 Å². The highest BCUT2D eigenvalue weighted by Gasteiger charge is 2.27. The van der Waals surface area contributed by atoms with Crippen molar-refractivity contribution in [2.75, 3.05) is 17.2 Å². The van der Waals surface area contributed by atoms with Gasteiger partial charge in [-0.25, -0.2) is 8.78 Å². The molecule has 0 saturated heterocycles. The first-order valence-electron chi connectivity index (χ1n) is 5.53. The Kier molecular flexibility index (Phi) is 3.00. The lowest BCUT2D eigenvalue weighted by Gasteiger charge is -2.16. The smallest absolute Gasteiger partial charge is 0.229 e. The summed E-state index contributed by atoms with van der Waals surface area (Å²) in [4.78, 5) is 11.8. The molecule has 1 amide bonds. The molecule has 92 valence electrons. The Morgan fingerprint density at radius 1 is 1.35 bits per heavy atom. The molecular weight excluding hydrogens is 226 g/mol. The van der Waals surface area contributed by atoms with Crippen molar-refractivity contribution < 1.29 is 13.6 Å². The van der Waals surface area contributed by atoms with Gasteiger partial charge in [0.05, 0.1) is 11.6 Å². The molecule has 1 heterocycles. The largest absolute Gasteiger partial charge is 0.382 e. The Balaban J connectivity index is 2.38. The van der Waals surface area contributed by atoms with E-state index in [-0.39, 0.29) is 23.4 Å². The van der Waals surface area contributed by atoms with Crippen LogP contribution in [-0.4, -0.2) is 12.5 Å². The molecule has 0 spiro atoms. The van der Waals surface area contributed by atoms with E-state index in [1.807, 2.05) is 13.8 Å². The lowest BCUT2D eigenvalue weighted by Crippen LogP contribution is -2.30. The summed E-state index contributed by atoms with van der Waals surface area (Å²) in [7, 11) is 0. The topological polar surface area (TPSA) is 41.1 Å². The number of benzene rings is 1. The van der Waals surface area contributed by atoms with Crippen LogP contribution in [0.1, 0.15) is 13.8 Å². The van der Waals surface area contributed by atoms with Crippen LogP contribution in [0.4, 0.5) is 20.2 Å². The monoisotopic (exact) mass is 240 g/mol. The third-order valence-corrected chi connectivity index (χ3v) is 2.96. The fourth-order valence-electron chi connectivity index (χ4n) is 1.91. The molecule has 0 bridgehead atoms. The van der Waals surface area contributed by atoms with Crippen LogP contribution in [0.3, 0.4) is 0 Å². The second-order valence-corrected chi connectivity index (χ2v) is 4.53. The number of hydrogen-bond donors (Lipinski definition) is 2. The van der Waals surface area contributed by atoms with Crippen molar-refractivity contribution in [3.63, 3.8) is 0 Å². The molecule has 1 atom stereocenters. The Bertz CT molecular complexity index is 460. The Morgan fingerprint density at radius 2 is 2.06 bits per heavy atom. The molecule has 17 heavy (non-hydrogen) atoms. The van der Waals surface area contributed by atoms with Crippen molar-refractivity contribution >= 4 is 17.3 Å². The number of anilines is 2. The van der Waals surface area contributed by atoms with Crippen molar-refractivity contribution in [1.29, 1.82) is 0 Å². The minimum absolute atomic E-state index is 0.0274. The van der Waals surface area contributed by atoms with Crippen LogP contribution in [0.5, 0.6) is 0 Å². The number of rotatable bonds is 1. The van der Waals surface area contributed by atoms with E-state index in [2.05, 4.69) is 10.6 Å². The summed E-state index contributed by atoms with van der Waals surface area (Å²) in [6, 6.07) is 1.94. The zero-order valence-electron chi connectivity index (χ0n) is 9.68. The molecule has 0 fully saturated rings. The third kappa shape index (κ3) is 2.23. The van der Waals surface area contributed by atoms with Crippen LogP contribution in [0.15, 0.2) is 12.1 Å². The molecule has 2 rings (SSSR count). The summed E-state index contributed by atoms with van der Waals surface area (Å²) in [6.07, 6.45) is 0. The predicted octanol–water partition coefficient (Wildman–Crippen LogP) is 2.60. The van der Waals surface area contributed by atoms with Crippen molar-refractivity contribution in [3.05, 3.63) is 23.8 Å². The molecule has 2 N–H and O–H groups in total. The van der Waals surface area contributed by atoms with Gasteiger partial charge in [-0.3, -0.25) is 4.79 Å². The van der Waals surface area contributed by atoms with Gasteiger partial charge >= 0.3 is 0 Å². The van der Waals surface area contributed by atoms with Gasteiger partial charge in [0.2, 0.25) is 5.91 Å². The third-order valence-electron chi connectivity index (χ3n) is 2.96. The maximum absolute atomic E-state index is 13.5. The van der Waals surface area contributed by atoms with Gasteiger partial charge in [-0.05, 0) is 12.0 Å². The van der Waals surface area contributed by atoms with Crippen LogP contribution in [0.25, 0.3) is 0 Å². The minimum atomic E-state index is -0.759. The molecule has 3 nitrogen and oxygen atoms in total. The molecule has 0 saturated carbocycles. The number of carbonyl (C=O) groups excluding carboxylic acids is 1. The fraction of sp³-hybridized carbons (Fsp3) is 0.417. The highest BCUT2D eigenvalue weighted by Crippen LogP contribution is 2.30. The lowest BCUT2D eigenvalue weighted by atomic mass is 9.95. The van der Waals surface area contributed by atoms with Gasteiger partial charge in [0.1, 0.15) is 11.5 Å². The number of amides is 1. The Labute approximate surface area is 98.2 Å². The summed E-state index contributed by atoms with van der Waals surface area (Å²) in [5.74, 6) is -1.79. The quantitative estimate of drug-likeness (QED) is 0.792. The SMILES string of the molecule is CC(C)C1CNc2cc(F)cc(F)c2NC1=O. The average Bonchev–Trinajstić information content (AvgIpc) is 2.37. The molecule has 0 radical (unpaired) electrons. The summed E-state index contributed by atoms with van der Waals surface area (Å²) < 4.78 is 26.6. The number of carbonyl (C=O) groups is 1. The number of halogens is 2. The van der Waals surface area contributed by atoms with Crippen molar-refractivity contribution in [2.24, 2.45) is 11.8 Å². The number of fused-ring (bicyclic) bond motifs is 1. The van der Waals surface area contributed by atoms with Crippen LogP contribution < -0.4 is 10.6 Å². The van der Waals surface area contributed by atoms with E-state index in [4.69, 9.17) is 0 Å². The van der Waals surface area contributed by atoms with E-state index in [1.165, 1.54) is 6.07 Å². The second kappa shape index (κ2) is 4.31. The van der Waals surface area contributed by atoms with E-state index < -0.39 is 11.6 Å². The van der Waals surface area contributed by atoms with Crippen molar-refractivity contribution in [1.82, 2.24) is 0 Å². The van der Waals surface area contributed by atoms with Gasteiger partial charge in [0, 0.05) is 12.6 Å². The van der Waals surface area contributed by atoms with Gasteiger partial charge in [0.25, 0.3) is 0 Å². The molecule has 1 aliphatic rings. The lowest BCUT2D eigenvalue weighted by molar-refractivity contribution is -0.120. The maximum atomic E-state index is 13.5. The van der Waals surface area contributed by atoms with E-state index >= 15 is 0 Å². The van der Waals surface area contributed by atoms with Gasteiger partial charge in [0.15, 0.2) is 5.82 Å². The average molecular weight is 240 g/mol. The van der Waals surface area contributed by atoms with Crippen LogP contribution >= 0.6 is 0 Å². The first-order chi connectivity index (χ1) is 7.99. The molecular formula is C12H14F2N2O.